The molecule has 0 aromatic heterocycles. The smallest absolute Gasteiger partial charge is 0.133 e. The van der Waals surface area contributed by atoms with Crippen molar-refractivity contribution in [1.29, 1.82) is 0 Å². The number of nitrogens with one attached hydrogen (secondary N) is 1. The molecule has 4 heteroatoms. The van der Waals surface area contributed by atoms with Gasteiger partial charge in [0.25, 0.3) is 0 Å². The summed E-state index contributed by atoms with van der Waals surface area (Å²) in [6, 6.07) is 1.29. The molecule has 0 atom stereocenters. The van der Waals surface area contributed by atoms with Crippen LogP contribution < -0.4 is 5.32 Å². The van der Waals surface area contributed by atoms with E-state index in [-0.39, 0.29) is 11.6 Å². The van der Waals surface area contributed by atoms with Gasteiger partial charge in [-0.05, 0) is 54.5 Å². The normalized spacial score (nSPS) is 10.6. The first-order valence-corrected chi connectivity index (χ1v) is 5.18. The molecule has 0 bridgehead atoms. The van der Waals surface area contributed by atoms with Crippen molar-refractivity contribution in [3.63, 3.8) is 0 Å². The lowest BCUT2D eigenvalue weighted by Gasteiger charge is -2.10. The second-order valence-corrected chi connectivity index (χ2v) is 4.00. The van der Waals surface area contributed by atoms with Crippen molar-refractivity contribution in [3.8, 4) is 5.75 Å². The number of hydrogen-bond donors (Lipinski definition) is 2. The van der Waals surface area contributed by atoms with Crippen LogP contribution in [0.1, 0.15) is 11.1 Å². The Morgan fingerprint density at radius 3 is 2.79 bits per heavy atom. The molecule has 0 aliphatic rings. The molecule has 1 rings (SSSR count). The van der Waals surface area contributed by atoms with E-state index >= 15 is 0 Å². The zero-order valence-corrected chi connectivity index (χ0v) is 9.78. The third kappa shape index (κ3) is 2.25. The molecule has 0 fully saturated rings. The summed E-state index contributed by atoms with van der Waals surface area (Å²) in [5, 5.41) is 12.6. The fourth-order valence-electron chi connectivity index (χ4n) is 1.31. The maximum absolute atomic E-state index is 13.3. The molecule has 0 amide bonds. The fourth-order valence-corrected chi connectivity index (χ4v) is 1.75. The Bertz CT molecular complexity index is 315. The molecule has 0 saturated heterocycles. The van der Waals surface area contributed by atoms with Gasteiger partial charge in [-0.25, -0.2) is 4.39 Å². The van der Waals surface area contributed by atoms with E-state index in [1.807, 2.05) is 7.05 Å². The molecule has 0 aliphatic carbocycles. The highest BCUT2D eigenvalue weighted by Gasteiger charge is 2.12. The lowest BCUT2D eigenvalue weighted by molar-refractivity contribution is 0.459. The third-order valence-corrected chi connectivity index (χ3v) is 2.81. The summed E-state index contributed by atoms with van der Waals surface area (Å²) in [6.45, 7) is 2.39. The van der Waals surface area contributed by atoms with E-state index in [0.29, 0.717) is 28.6 Å². The highest BCUT2D eigenvalue weighted by atomic mass is 79.9. The van der Waals surface area contributed by atoms with Gasteiger partial charge in [-0.1, -0.05) is 0 Å². The zero-order valence-electron chi connectivity index (χ0n) is 8.19. The lowest BCUT2D eigenvalue weighted by Crippen LogP contribution is -2.11. The van der Waals surface area contributed by atoms with Gasteiger partial charge in [-0.15, -0.1) is 0 Å². The molecule has 0 spiro atoms. The van der Waals surface area contributed by atoms with Gasteiger partial charge in [0.15, 0.2) is 0 Å². The quantitative estimate of drug-likeness (QED) is 0.876. The number of halogens is 2. The average molecular weight is 262 g/mol. The fraction of sp³-hybridized carbons (Fsp3) is 0.400. The van der Waals surface area contributed by atoms with Gasteiger partial charge in [-0.3, -0.25) is 0 Å². The zero-order chi connectivity index (χ0) is 10.7. The van der Waals surface area contributed by atoms with E-state index in [1.165, 1.54) is 6.07 Å². The third-order valence-electron chi connectivity index (χ3n) is 2.20. The highest BCUT2D eigenvalue weighted by molar-refractivity contribution is 9.10. The molecule has 14 heavy (non-hydrogen) atoms. The minimum atomic E-state index is -0.291. The minimum absolute atomic E-state index is 0.138. The molecule has 0 saturated carbocycles. The number of likely N-dealkylation sites (N-methyl/N-ethyl adjacent to an activating group) is 1. The lowest BCUT2D eigenvalue weighted by atomic mass is 10.0. The van der Waals surface area contributed by atoms with Gasteiger partial charge >= 0.3 is 0 Å². The van der Waals surface area contributed by atoms with Crippen LogP contribution in [0.3, 0.4) is 0 Å². The Hall–Kier alpha value is -0.610. The number of aromatic hydroxyl groups is 1. The molecule has 0 heterocycles. The molecule has 0 aliphatic heterocycles. The average Bonchev–Trinajstić information content (AvgIpc) is 2.15. The SMILES string of the molecule is CNCCc1c(C)c(F)cc(Br)c1O. The van der Waals surface area contributed by atoms with Crippen molar-refractivity contribution in [2.75, 3.05) is 13.6 Å². The van der Waals surface area contributed by atoms with E-state index in [4.69, 9.17) is 0 Å². The van der Waals surface area contributed by atoms with Crippen molar-refractivity contribution >= 4 is 15.9 Å². The van der Waals surface area contributed by atoms with Crippen LogP contribution in [0.25, 0.3) is 0 Å². The topological polar surface area (TPSA) is 32.3 Å². The number of phenolic OH excluding ortho intramolecular Hbond substituents is 1. The molecule has 1 aromatic rings. The predicted octanol–water partition coefficient (Wildman–Crippen LogP) is 2.36. The summed E-state index contributed by atoms with van der Waals surface area (Å²) in [6.07, 6.45) is 0.616. The Kier molecular flexibility index (Phi) is 3.89. The van der Waals surface area contributed by atoms with Crippen molar-refractivity contribution in [1.82, 2.24) is 5.32 Å². The largest absolute Gasteiger partial charge is 0.506 e. The standard InChI is InChI=1S/C10H13BrFNO/c1-6-7(3-4-13-2)10(14)8(11)5-9(6)12/h5,13-14H,3-4H2,1-2H3. The first-order chi connectivity index (χ1) is 6.57. The van der Waals surface area contributed by atoms with E-state index in [9.17, 15) is 9.50 Å². The number of hydrogen-bond acceptors (Lipinski definition) is 2. The molecular formula is C10H13BrFNO. The summed E-state index contributed by atoms with van der Waals surface area (Å²) in [5.41, 5.74) is 1.17. The van der Waals surface area contributed by atoms with Crippen molar-refractivity contribution in [2.24, 2.45) is 0 Å². The van der Waals surface area contributed by atoms with Gasteiger partial charge < -0.3 is 10.4 Å². The van der Waals surface area contributed by atoms with Gasteiger partial charge in [0, 0.05) is 5.56 Å². The summed E-state index contributed by atoms with van der Waals surface area (Å²) in [7, 11) is 1.82. The molecule has 2 N–H and O–H groups in total. The number of phenols is 1. The van der Waals surface area contributed by atoms with Crippen molar-refractivity contribution in [2.45, 2.75) is 13.3 Å². The van der Waals surface area contributed by atoms with Crippen LogP contribution in [0.4, 0.5) is 4.39 Å². The van der Waals surface area contributed by atoms with Crippen LogP contribution in [0.5, 0.6) is 5.75 Å². The second kappa shape index (κ2) is 4.75. The summed E-state index contributed by atoms with van der Waals surface area (Å²) < 4.78 is 13.7. The molecule has 0 radical (unpaired) electrons. The van der Waals surface area contributed by atoms with Crippen molar-refractivity contribution in [3.05, 3.63) is 27.5 Å². The van der Waals surface area contributed by atoms with E-state index < -0.39 is 0 Å². The highest BCUT2D eigenvalue weighted by Crippen LogP contribution is 2.32. The Labute approximate surface area is 91.3 Å². The first kappa shape index (κ1) is 11.5. The Morgan fingerprint density at radius 1 is 1.57 bits per heavy atom. The van der Waals surface area contributed by atoms with E-state index in [1.54, 1.807) is 6.92 Å². The molecule has 0 unspecified atom stereocenters. The summed E-state index contributed by atoms with van der Waals surface area (Å²) >= 11 is 3.11. The maximum atomic E-state index is 13.3. The van der Waals surface area contributed by atoms with Crippen LogP contribution in [0.15, 0.2) is 10.5 Å². The number of benzene rings is 1. The van der Waals surface area contributed by atoms with E-state index in [2.05, 4.69) is 21.2 Å². The second-order valence-electron chi connectivity index (χ2n) is 3.15. The Balaban J connectivity index is 3.11. The number of rotatable bonds is 3. The minimum Gasteiger partial charge on any atom is -0.506 e. The van der Waals surface area contributed by atoms with Crippen LogP contribution in [-0.4, -0.2) is 18.7 Å². The van der Waals surface area contributed by atoms with Crippen LogP contribution in [0, 0.1) is 12.7 Å². The molecule has 2 nitrogen and oxygen atoms in total. The van der Waals surface area contributed by atoms with Gasteiger partial charge in [0.05, 0.1) is 4.47 Å². The molecule has 1 aromatic carbocycles. The van der Waals surface area contributed by atoms with Gasteiger partial charge in [-0.2, -0.15) is 0 Å². The Morgan fingerprint density at radius 2 is 2.21 bits per heavy atom. The predicted molar refractivity (Wildman–Crippen MR) is 58.1 cm³/mol. The van der Waals surface area contributed by atoms with E-state index in [0.717, 1.165) is 0 Å². The van der Waals surface area contributed by atoms with Gasteiger partial charge in [0.1, 0.15) is 11.6 Å². The maximum Gasteiger partial charge on any atom is 0.133 e. The van der Waals surface area contributed by atoms with Gasteiger partial charge in [0.2, 0.25) is 0 Å². The van der Waals surface area contributed by atoms with Crippen LogP contribution >= 0.6 is 15.9 Å². The van der Waals surface area contributed by atoms with Crippen molar-refractivity contribution < 1.29 is 9.50 Å². The summed E-state index contributed by atoms with van der Waals surface area (Å²) in [5.74, 6) is -0.153. The van der Waals surface area contributed by atoms with Crippen LogP contribution in [-0.2, 0) is 6.42 Å². The van der Waals surface area contributed by atoms with Crippen LogP contribution in [0.2, 0.25) is 0 Å². The summed E-state index contributed by atoms with van der Waals surface area (Å²) in [4.78, 5) is 0. The molecular weight excluding hydrogens is 249 g/mol. The monoisotopic (exact) mass is 261 g/mol. The first-order valence-electron chi connectivity index (χ1n) is 4.39. The molecule has 78 valence electrons.